The van der Waals surface area contributed by atoms with E-state index in [0.717, 1.165) is 6.42 Å². The molecule has 7 nitrogen and oxygen atoms in total. The molecule has 1 aromatic rings. The van der Waals surface area contributed by atoms with Crippen molar-refractivity contribution in [1.82, 2.24) is 9.62 Å². The van der Waals surface area contributed by atoms with E-state index in [2.05, 4.69) is 26.1 Å². The van der Waals surface area contributed by atoms with Gasteiger partial charge in [0.15, 0.2) is 6.61 Å². The number of esters is 1. The van der Waals surface area contributed by atoms with Crippen LogP contribution in [0, 0.1) is 5.41 Å². The van der Waals surface area contributed by atoms with Crippen LogP contribution in [0.1, 0.15) is 65.2 Å². The van der Waals surface area contributed by atoms with E-state index in [1.807, 2.05) is 13.8 Å². The van der Waals surface area contributed by atoms with Crippen molar-refractivity contribution in [3.8, 4) is 0 Å². The molecule has 0 aliphatic heterocycles. The Kier molecular flexibility index (Phi) is 8.01. The SMILES string of the molecule is CC(C)N(C)S(=O)(=O)c1cccc(C(=O)OCC(=O)NC(C)(C)CC(C)(C)C)c1. The van der Waals surface area contributed by atoms with Crippen molar-refractivity contribution in [2.24, 2.45) is 5.41 Å². The Bertz CT molecular complexity index is 839. The maximum atomic E-state index is 12.6. The number of carbonyl (C=O) groups is 2. The Balaban J connectivity index is 2.81. The van der Waals surface area contributed by atoms with E-state index >= 15 is 0 Å². The van der Waals surface area contributed by atoms with Gasteiger partial charge in [-0.1, -0.05) is 26.8 Å². The second-order valence-corrected chi connectivity index (χ2v) is 11.4. The lowest BCUT2D eigenvalue weighted by molar-refractivity contribution is -0.126. The van der Waals surface area contributed by atoms with Gasteiger partial charge in [-0.3, -0.25) is 4.79 Å². The highest BCUT2D eigenvalue weighted by Crippen LogP contribution is 2.26. The number of amides is 1. The summed E-state index contributed by atoms with van der Waals surface area (Å²) in [5, 5.41) is 2.86. The Morgan fingerprint density at radius 3 is 2.24 bits per heavy atom. The van der Waals surface area contributed by atoms with Crippen LogP contribution in [-0.4, -0.2) is 49.8 Å². The van der Waals surface area contributed by atoms with E-state index < -0.39 is 34.0 Å². The van der Waals surface area contributed by atoms with Gasteiger partial charge in [0.1, 0.15) is 0 Å². The van der Waals surface area contributed by atoms with Gasteiger partial charge >= 0.3 is 5.97 Å². The Morgan fingerprint density at radius 2 is 1.72 bits per heavy atom. The van der Waals surface area contributed by atoms with E-state index in [0.29, 0.717) is 0 Å². The molecule has 0 bridgehead atoms. The molecule has 0 aromatic heterocycles. The molecule has 0 heterocycles. The first-order valence-corrected chi connectivity index (χ1v) is 11.1. The van der Waals surface area contributed by atoms with Gasteiger partial charge in [0.25, 0.3) is 5.91 Å². The molecule has 1 amide bonds. The van der Waals surface area contributed by atoms with Crippen molar-refractivity contribution in [2.45, 2.75) is 71.4 Å². The maximum Gasteiger partial charge on any atom is 0.338 e. The Hall–Kier alpha value is -1.93. The fraction of sp³-hybridized carbons (Fsp3) is 0.619. The zero-order valence-electron chi connectivity index (χ0n) is 18.7. The molecule has 8 heteroatoms. The molecule has 164 valence electrons. The summed E-state index contributed by atoms with van der Waals surface area (Å²) in [7, 11) is -2.24. The summed E-state index contributed by atoms with van der Waals surface area (Å²) in [4.78, 5) is 24.5. The van der Waals surface area contributed by atoms with Gasteiger partial charge in [0, 0.05) is 18.6 Å². The van der Waals surface area contributed by atoms with Crippen molar-refractivity contribution in [3.05, 3.63) is 29.8 Å². The molecule has 0 aliphatic rings. The summed E-state index contributed by atoms with van der Waals surface area (Å²) in [6.45, 7) is 13.2. The first-order chi connectivity index (χ1) is 13.0. The van der Waals surface area contributed by atoms with Gasteiger partial charge in [-0.25, -0.2) is 13.2 Å². The predicted octanol–water partition coefficient (Wildman–Crippen LogP) is 3.20. The Morgan fingerprint density at radius 1 is 1.14 bits per heavy atom. The highest BCUT2D eigenvalue weighted by Gasteiger charge is 2.28. The molecule has 0 saturated carbocycles. The standard InChI is InChI=1S/C21H34N2O5S/c1-15(2)23(8)29(26,27)17-11-9-10-16(12-17)19(25)28-13-18(24)22-21(6,7)14-20(3,4)5/h9-12,15H,13-14H2,1-8H3,(H,22,24). The van der Waals surface area contributed by atoms with Crippen LogP contribution in [0.3, 0.4) is 0 Å². The maximum absolute atomic E-state index is 12.6. The van der Waals surface area contributed by atoms with Gasteiger partial charge in [-0.15, -0.1) is 0 Å². The monoisotopic (exact) mass is 426 g/mol. The third-order valence-corrected chi connectivity index (χ3v) is 6.29. The molecule has 0 atom stereocenters. The lowest BCUT2D eigenvalue weighted by Gasteiger charge is -2.33. The normalized spacial score (nSPS) is 12.9. The van der Waals surface area contributed by atoms with Crippen LogP contribution < -0.4 is 5.32 Å². The number of benzene rings is 1. The van der Waals surface area contributed by atoms with Crippen molar-refractivity contribution in [2.75, 3.05) is 13.7 Å². The third-order valence-electron chi connectivity index (χ3n) is 4.26. The second-order valence-electron chi connectivity index (χ2n) is 9.39. The van der Waals surface area contributed by atoms with E-state index in [9.17, 15) is 18.0 Å². The molecular weight excluding hydrogens is 392 g/mol. The molecule has 1 rings (SSSR count). The predicted molar refractivity (Wildman–Crippen MR) is 113 cm³/mol. The largest absolute Gasteiger partial charge is 0.452 e. The fourth-order valence-electron chi connectivity index (χ4n) is 3.23. The number of nitrogens with zero attached hydrogens (tertiary/aromatic N) is 1. The molecule has 0 fully saturated rings. The minimum atomic E-state index is -3.72. The number of hydrogen-bond donors (Lipinski definition) is 1. The quantitative estimate of drug-likeness (QED) is 0.645. The molecule has 0 spiro atoms. The molecule has 0 unspecified atom stereocenters. The van der Waals surface area contributed by atoms with Crippen LogP contribution in [0.25, 0.3) is 0 Å². The fourth-order valence-corrected chi connectivity index (χ4v) is 4.64. The van der Waals surface area contributed by atoms with Gasteiger partial charge in [0.2, 0.25) is 10.0 Å². The third kappa shape index (κ3) is 7.78. The topological polar surface area (TPSA) is 92.8 Å². The number of hydrogen-bond acceptors (Lipinski definition) is 5. The van der Waals surface area contributed by atoms with Gasteiger partial charge in [0.05, 0.1) is 10.5 Å². The van der Waals surface area contributed by atoms with E-state index in [4.69, 9.17) is 4.74 Å². The zero-order valence-corrected chi connectivity index (χ0v) is 19.5. The molecule has 0 radical (unpaired) electrons. The van der Waals surface area contributed by atoms with Crippen molar-refractivity contribution in [3.63, 3.8) is 0 Å². The number of carbonyl (C=O) groups excluding carboxylic acids is 2. The van der Waals surface area contributed by atoms with Crippen LogP contribution in [0.15, 0.2) is 29.2 Å². The number of sulfonamides is 1. The van der Waals surface area contributed by atoms with Crippen LogP contribution in [-0.2, 0) is 19.6 Å². The van der Waals surface area contributed by atoms with Crippen LogP contribution >= 0.6 is 0 Å². The average molecular weight is 427 g/mol. The van der Waals surface area contributed by atoms with Crippen LogP contribution in [0.2, 0.25) is 0 Å². The lowest BCUT2D eigenvalue weighted by Crippen LogP contribution is -2.47. The van der Waals surface area contributed by atoms with E-state index in [-0.39, 0.29) is 21.9 Å². The van der Waals surface area contributed by atoms with E-state index in [1.54, 1.807) is 13.8 Å². The highest BCUT2D eigenvalue weighted by atomic mass is 32.2. The molecule has 0 aliphatic carbocycles. The van der Waals surface area contributed by atoms with E-state index in [1.165, 1.54) is 35.6 Å². The summed E-state index contributed by atoms with van der Waals surface area (Å²) in [5.74, 6) is -1.16. The van der Waals surface area contributed by atoms with Crippen molar-refractivity contribution >= 4 is 21.9 Å². The van der Waals surface area contributed by atoms with Crippen molar-refractivity contribution < 1.29 is 22.7 Å². The first-order valence-electron chi connectivity index (χ1n) is 9.61. The van der Waals surface area contributed by atoms with Gasteiger partial charge < -0.3 is 10.1 Å². The van der Waals surface area contributed by atoms with Gasteiger partial charge in [-0.2, -0.15) is 4.31 Å². The molecular formula is C21H34N2O5S. The summed E-state index contributed by atoms with van der Waals surface area (Å²) in [5.41, 5.74) is -0.343. The Labute approximate surface area is 174 Å². The minimum Gasteiger partial charge on any atom is -0.452 e. The average Bonchev–Trinajstić information content (AvgIpc) is 2.56. The second kappa shape index (κ2) is 9.26. The molecule has 1 N–H and O–H groups in total. The smallest absolute Gasteiger partial charge is 0.338 e. The molecule has 0 saturated heterocycles. The van der Waals surface area contributed by atoms with Crippen molar-refractivity contribution in [1.29, 1.82) is 0 Å². The van der Waals surface area contributed by atoms with Gasteiger partial charge in [-0.05, 0) is 57.7 Å². The number of rotatable bonds is 8. The molecule has 1 aromatic carbocycles. The summed E-state index contributed by atoms with van der Waals surface area (Å²) in [6, 6.07) is 5.39. The highest BCUT2D eigenvalue weighted by molar-refractivity contribution is 7.89. The van der Waals surface area contributed by atoms with Crippen LogP contribution in [0.5, 0.6) is 0 Å². The first kappa shape index (κ1) is 25.1. The summed E-state index contributed by atoms with van der Waals surface area (Å²) >= 11 is 0. The zero-order chi connectivity index (χ0) is 22.6. The number of ether oxygens (including phenoxy) is 1. The minimum absolute atomic E-state index is 0.00101. The lowest BCUT2D eigenvalue weighted by atomic mass is 9.82. The number of nitrogens with one attached hydrogen (secondary N) is 1. The summed E-state index contributed by atoms with van der Waals surface area (Å²) < 4.78 is 31.5. The van der Waals surface area contributed by atoms with Crippen LogP contribution in [0.4, 0.5) is 0 Å². The molecule has 29 heavy (non-hydrogen) atoms. The summed E-state index contributed by atoms with van der Waals surface area (Å²) in [6.07, 6.45) is 0.753.